The fourth-order valence-electron chi connectivity index (χ4n) is 4.06. The molecular formula is C22H21F6N3O3. The van der Waals surface area contributed by atoms with E-state index in [-0.39, 0.29) is 49.6 Å². The number of nitrogens with zero attached hydrogens (tertiary/aromatic N) is 3. The van der Waals surface area contributed by atoms with Gasteiger partial charge in [0.05, 0.1) is 16.1 Å². The highest BCUT2D eigenvalue weighted by molar-refractivity contribution is 5.79. The highest BCUT2D eigenvalue weighted by Crippen LogP contribution is 2.38. The molecule has 0 saturated carbocycles. The van der Waals surface area contributed by atoms with Crippen LogP contribution in [0.4, 0.5) is 37.7 Å². The van der Waals surface area contributed by atoms with Crippen molar-refractivity contribution in [2.24, 2.45) is 5.92 Å². The Hall–Kier alpha value is -3.31. The maximum Gasteiger partial charge on any atom is 0.416 e. The molecule has 1 aliphatic heterocycles. The maximum absolute atomic E-state index is 13.2. The van der Waals surface area contributed by atoms with Crippen molar-refractivity contribution < 1.29 is 36.1 Å². The molecule has 0 unspecified atom stereocenters. The number of carbonyl (C=O) groups excluding carboxylic acids is 1. The molecule has 2 aromatic rings. The summed E-state index contributed by atoms with van der Waals surface area (Å²) >= 11 is 0. The molecule has 0 radical (unpaired) electrons. The molecule has 12 heteroatoms. The Labute approximate surface area is 190 Å². The summed E-state index contributed by atoms with van der Waals surface area (Å²) in [7, 11) is 1.41. The monoisotopic (exact) mass is 489 g/mol. The molecule has 34 heavy (non-hydrogen) atoms. The first kappa shape index (κ1) is 25.3. The number of nitro benzene ring substituents is 1. The molecule has 1 aliphatic rings. The van der Waals surface area contributed by atoms with Gasteiger partial charge in [0.2, 0.25) is 5.91 Å². The number of halogens is 6. The molecule has 0 bridgehead atoms. The zero-order valence-electron chi connectivity index (χ0n) is 18.0. The van der Waals surface area contributed by atoms with Crippen LogP contribution in [0.1, 0.15) is 29.5 Å². The van der Waals surface area contributed by atoms with Crippen molar-refractivity contribution in [3.63, 3.8) is 0 Å². The Bertz CT molecular complexity index is 1060. The van der Waals surface area contributed by atoms with Crippen LogP contribution in [0.5, 0.6) is 0 Å². The van der Waals surface area contributed by atoms with Crippen molar-refractivity contribution in [1.82, 2.24) is 4.90 Å². The molecule has 1 fully saturated rings. The molecule has 0 atom stereocenters. The van der Waals surface area contributed by atoms with E-state index in [4.69, 9.17) is 0 Å². The van der Waals surface area contributed by atoms with E-state index in [0.717, 1.165) is 18.2 Å². The van der Waals surface area contributed by atoms with Gasteiger partial charge in [-0.15, -0.1) is 0 Å². The van der Waals surface area contributed by atoms with Crippen LogP contribution in [-0.4, -0.2) is 35.9 Å². The average molecular weight is 489 g/mol. The second kappa shape index (κ2) is 9.51. The Morgan fingerprint density at radius 3 is 2.24 bits per heavy atom. The molecule has 3 rings (SSSR count). The van der Waals surface area contributed by atoms with E-state index in [0.29, 0.717) is 6.07 Å². The molecule has 0 aromatic heterocycles. The number of rotatable bonds is 5. The molecule has 0 N–H and O–H groups in total. The first-order valence-corrected chi connectivity index (χ1v) is 10.3. The van der Waals surface area contributed by atoms with Crippen LogP contribution in [0, 0.1) is 16.0 Å². The SMILES string of the molecule is CN(Cc1ccccc1C(F)(F)F)C(=O)C1CCN(c2ccc(C(F)(F)F)cc2[N+](=O)[O-])CC1. The lowest BCUT2D eigenvalue weighted by molar-refractivity contribution is -0.384. The van der Waals surface area contributed by atoms with E-state index < -0.39 is 40.0 Å². The first-order valence-electron chi connectivity index (χ1n) is 10.3. The summed E-state index contributed by atoms with van der Waals surface area (Å²) in [4.78, 5) is 26.1. The zero-order chi connectivity index (χ0) is 25.3. The third kappa shape index (κ3) is 5.60. The van der Waals surface area contributed by atoms with Gasteiger partial charge in [-0.2, -0.15) is 26.3 Å². The van der Waals surface area contributed by atoms with Gasteiger partial charge >= 0.3 is 12.4 Å². The normalized spacial score (nSPS) is 15.3. The van der Waals surface area contributed by atoms with Crippen LogP contribution in [-0.2, 0) is 23.7 Å². The van der Waals surface area contributed by atoms with Crippen LogP contribution < -0.4 is 4.90 Å². The van der Waals surface area contributed by atoms with Crippen LogP contribution in [0.3, 0.4) is 0 Å². The standard InChI is InChI=1S/C22H21F6N3O3/c1-29(13-15-4-2-3-5-17(15)22(26,27)28)20(32)14-8-10-30(11-9-14)18-7-6-16(21(23,24)25)12-19(18)31(33)34/h2-7,12,14H,8-11,13H2,1H3. The van der Waals surface area contributed by atoms with Crippen LogP contribution >= 0.6 is 0 Å². The van der Waals surface area contributed by atoms with Gasteiger partial charge in [0, 0.05) is 38.7 Å². The quantitative estimate of drug-likeness (QED) is 0.316. The summed E-state index contributed by atoms with van der Waals surface area (Å²) in [5, 5.41) is 11.3. The van der Waals surface area contributed by atoms with Gasteiger partial charge in [-0.05, 0) is 36.6 Å². The highest BCUT2D eigenvalue weighted by Gasteiger charge is 2.36. The predicted molar refractivity (Wildman–Crippen MR) is 111 cm³/mol. The summed E-state index contributed by atoms with van der Waals surface area (Å²) < 4.78 is 78.4. The molecular weight excluding hydrogens is 468 g/mol. The minimum atomic E-state index is -4.72. The molecule has 0 aliphatic carbocycles. The summed E-state index contributed by atoms with van der Waals surface area (Å²) in [6.45, 7) is 0.115. The van der Waals surface area contributed by atoms with Gasteiger partial charge in [0.15, 0.2) is 0 Å². The Morgan fingerprint density at radius 2 is 1.68 bits per heavy atom. The number of anilines is 1. The zero-order valence-corrected chi connectivity index (χ0v) is 18.0. The third-order valence-electron chi connectivity index (χ3n) is 5.79. The minimum absolute atomic E-state index is 0.0244. The van der Waals surface area contributed by atoms with E-state index in [1.165, 1.54) is 30.1 Å². The van der Waals surface area contributed by atoms with Crippen molar-refractivity contribution >= 4 is 17.3 Å². The predicted octanol–water partition coefficient (Wildman–Crippen LogP) is 5.51. The number of carbonyl (C=O) groups is 1. The van der Waals surface area contributed by atoms with Gasteiger partial charge in [-0.3, -0.25) is 14.9 Å². The van der Waals surface area contributed by atoms with Crippen LogP contribution in [0.15, 0.2) is 42.5 Å². The van der Waals surface area contributed by atoms with Crippen molar-refractivity contribution in [2.75, 3.05) is 25.0 Å². The molecule has 2 aromatic carbocycles. The second-order valence-corrected chi connectivity index (χ2v) is 8.07. The van der Waals surface area contributed by atoms with Crippen molar-refractivity contribution in [3.8, 4) is 0 Å². The van der Waals surface area contributed by atoms with Crippen molar-refractivity contribution in [3.05, 3.63) is 69.3 Å². The van der Waals surface area contributed by atoms with Crippen molar-refractivity contribution in [2.45, 2.75) is 31.7 Å². The Morgan fingerprint density at radius 1 is 1.06 bits per heavy atom. The van der Waals surface area contributed by atoms with E-state index in [1.807, 2.05) is 0 Å². The van der Waals surface area contributed by atoms with Gasteiger partial charge in [-0.25, -0.2) is 0 Å². The highest BCUT2D eigenvalue weighted by atomic mass is 19.4. The maximum atomic E-state index is 13.2. The smallest absolute Gasteiger partial charge is 0.366 e. The van der Waals surface area contributed by atoms with Crippen LogP contribution in [0.2, 0.25) is 0 Å². The third-order valence-corrected chi connectivity index (χ3v) is 5.79. The van der Waals surface area contributed by atoms with E-state index >= 15 is 0 Å². The van der Waals surface area contributed by atoms with Gasteiger partial charge in [-0.1, -0.05) is 18.2 Å². The fraction of sp³-hybridized carbons (Fsp3) is 0.409. The molecule has 184 valence electrons. The number of piperidine rings is 1. The Balaban J connectivity index is 1.68. The number of nitro groups is 1. The summed E-state index contributed by atoms with van der Waals surface area (Å²) in [6.07, 6.45) is -8.77. The number of amides is 1. The van der Waals surface area contributed by atoms with Crippen LogP contribution in [0.25, 0.3) is 0 Å². The molecule has 0 spiro atoms. The topological polar surface area (TPSA) is 66.7 Å². The average Bonchev–Trinajstić information content (AvgIpc) is 2.77. The minimum Gasteiger partial charge on any atom is -0.366 e. The van der Waals surface area contributed by atoms with Gasteiger partial charge in [0.25, 0.3) is 5.69 Å². The Kier molecular flexibility index (Phi) is 7.08. The number of alkyl halides is 6. The van der Waals surface area contributed by atoms with Gasteiger partial charge in [0.1, 0.15) is 5.69 Å². The first-order chi connectivity index (χ1) is 15.8. The summed E-state index contributed by atoms with van der Waals surface area (Å²) in [6, 6.07) is 7.28. The number of hydrogen-bond donors (Lipinski definition) is 0. The lowest BCUT2D eigenvalue weighted by atomic mass is 9.94. The van der Waals surface area contributed by atoms with E-state index in [1.54, 1.807) is 4.90 Å². The number of benzene rings is 2. The summed E-state index contributed by atoms with van der Waals surface area (Å²) in [5.41, 5.74) is -2.65. The van der Waals surface area contributed by atoms with E-state index in [9.17, 15) is 41.3 Å². The van der Waals surface area contributed by atoms with Gasteiger partial charge < -0.3 is 9.80 Å². The molecule has 1 heterocycles. The number of hydrogen-bond acceptors (Lipinski definition) is 4. The van der Waals surface area contributed by atoms with E-state index in [2.05, 4.69) is 0 Å². The fourth-order valence-corrected chi connectivity index (χ4v) is 4.06. The summed E-state index contributed by atoms with van der Waals surface area (Å²) in [5.74, 6) is -0.883. The molecule has 1 amide bonds. The second-order valence-electron chi connectivity index (χ2n) is 8.07. The molecule has 1 saturated heterocycles. The van der Waals surface area contributed by atoms with Crippen molar-refractivity contribution in [1.29, 1.82) is 0 Å². The molecule has 6 nitrogen and oxygen atoms in total. The largest absolute Gasteiger partial charge is 0.416 e. The lowest BCUT2D eigenvalue weighted by Gasteiger charge is -2.34. The lowest BCUT2D eigenvalue weighted by Crippen LogP contribution is -2.41.